The number of aryl methyl sites for hydroxylation is 1. The van der Waals surface area contributed by atoms with Crippen LogP contribution in [-0.2, 0) is 17.6 Å². The van der Waals surface area contributed by atoms with Crippen molar-refractivity contribution in [2.45, 2.75) is 32.3 Å². The second-order valence-corrected chi connectivity index (χ2v) is 3.97. The Morgan fingerprint density at radius 2 is 2.40 bits per heavy atom. The molecule has 1 aromatic carbocycles. The number of rotatable bonds is 3. The van der Waals surface area contributed by atoms with Crippen LogP contribution in [0.3, 0.4) is 0 Å². The third-order valence-electron chi connectivity index (χ3n) is 2.59. The summed E-state index contributed by atoms with van der Waals surface area (Å²) in [6, 6.07) is 5.94. The molecular weight excluding hydrogens is 192 g/mol. The van der Waals surface area contributed by atoms with Crippen LogP contribution in [0.1, 0.15) is 24.5 Å². The van der Waals surface area contributed by atoms with E-state index in [4.69, 9.17) is 9.84 Å². The summed E-state index contributed by atoms with van der Waals surface area (Å²) in [5.74, 6) is 0.196. The molecule has 1 unspecified atom stereocenters. The highest BCUT2D eigenvalue weighted by atomic mass is 16.5. The van der Waals surface area contributed by atoms with Crippen molar-refractivity contribution < 1.29 is 14.6 Å². The van der Waals surface area contributed by atoms with Gasteiger partial charge in [-0.05, 0) is 30.5 Å². The smallest absolute Gasteiger partial charge is 0.303 e. The van der Waals surface area contributed by atoms with Gasteiger partial charge in [-0.2, -0.15) is 0 Å². The molecule has 3 heteroatoms. The topological polar surface area (TPSA) is 46.5 Å². The molecule has 1 N–H and O–H groups in total. The fourth-order valence-corrected chi connectivity index (χ4v) is 1.88. The maximum Gasteiger partial charge on any atom is 0.303 e. The minimum atomic E-state index is -0.750. The molecule has 1 heterocycles. The molecule has 0 radical (unpaired) electrons. The molecule has 80 valence electrons. The third-order valence-corrected chi connectivity index (χ3v) is 2.59. The summed E-state index contributed by atoms with van der Waals surface area (Å²) in [7, 11) is 0. The summed E-state index contributed by atoms with van der Waals surface area (Å²) in [6.07, 6.45) is 1.96. The fourth-order valence-electron chi connectivity index (χ4n) is 1.88. The number of fused-ring (bicyclic) bond motifs is 1. The predicted molar refractivity (Wildman–Crippen MR) is 56.2 cm³/mol. The van der Waals surface area contributed by atoms with Crippen molar-refractivity contribution in [1.29, 1.82) is 0 Å². The number of hydrogen-bond donors (Lipinski definition) is 1. The van der Waals surface area contributed by atoms with Gasteiger partial charge < -0.3 is 9.84 Å². The molecule has 0 aromatic heterocycles. The van der Waals surface area contributed by atoms with Crippen molar-refractivity contribution in [3.8, 4) is 5.75 Å². The van der Waals surface area contributed by atoms with Gasteiger partial charge in [-0.15, -0.1) is 0 Å². The molecule has 1 aromatic rings. The lowest BCUT2D eigenvalue weighted by Gasteiger charge is -2.03. The molecule has 1 aliphatic rings. The van der Waals surface area contributed by atoms with Crippen molar-refractivity contribution in [3.05, 3.63) is 29.3 Å². The molecule has 0 fully saturated rings. The summed E-state index contributed by atoms with van der Waals surface area (Å²) < 4.78 is 5.57. The molecule has 1 aliphatic heterocycles. The number of carboxylic acid groups (broad SMARTS) is 1. The molecule has 0 aliphatic carbocycles. The van der Waals surface area contributed by atoms with Crippen LogP contribution in [0.25, 0.3) is 0 Å². The van der Waals surface area contributed by atoms with Crippen LogP contribution < -0.4 is 4.74 Å². The Morgan fingerprint density at radius 3 is 3.13 bits per heavy atom. The molecular formula is C12H14O3. The Kier molecular flexibility index (Phi) is 2.62. The zero-order chi connectivity index (χ0) is 10.8. The Balaban J connectivity index is 2.09. The first-order chi connectivity index (χ1) is 7.15. The number of carbonyl (C=O) groups is 1. The van der Waals surface area contributed by atoms with Crippen molar-refractivity contribution in [3.63, 3.8) is 0 Å². The zero-order valence-electron chi connectivity index (χ0n) is 8.69. The predicted octanol–water partition coefficient (Wildman–Crippen LogP) is 2.03. The molecule has 0 spiro atoms. The van der Waals surface area contributed by atoms with Gasteiger partial charge in [0.05, 0.1) is 0 Å². The lowest BCUT2D eigenvalue weighted by Crippen LogP contribution is -2.05. The van der Waals surface area contributed by atoms with E-state index in [9.17, 15) is 4.79 Å². The summed E-state index contributed by atoms with van der Waals surface area (Å²) in [5, 5.41) is 8.59. The monoisotopic (exact) mass is 206 g/mol. The molecule has 0 amide bonds. The lowest BCUT2D eigenvalue weighted by atomic mass is 10.0. The van der Waals surface area contributed by atoms with Crippen LogP contribution in [0.15, 0.2) is 18.2 Å². The van der Waals surface area contributed by atoms with E-state index in [1.54, 1.807) is 0 Å². The second-order valence-electron chi connectivity index (χ2n) is 3.97. The van der Waals surface area contributed by atoms with Crippen molar-refractivity contribution in [2.75, 3.05) is 0 Å². The first kappa shape index (κ1) is 10.0. The maximum absolute atomic E-state index is 10.4. The van der Waals surface area contributed by atoms with Crippen LogP contribution in [0.4, 0.5) is 0 Å². The van der Waals surface area contributed by atoms with Gasteiger partial charge >= 0.3 is 5.97 Å². The van der Waals surface area contributed by atoms with Gasteiger partial charge in [0.25, 0.3) is 0 Å². The number of benzene rings is 1. The number of carboxylic acids is 1. The Hall–Kier alpha value is -1.51. The first-order valence-corrected chi connectivity index (χ1v) is 5.15. The van der Waals surface area contributed by atoms with Crippen LogP contribution >= 0.6 is 0 Å². The standard InChI is InChI=1S/C12H14O3/c1-8-6-10-7-9(3-5-12(13)14)2-4-11(10)15-8/h2,4,7-8H,3,5-6H2,1H3,(H,13,14). The summed E-state index contributed by atoms with van der Waals surface area (Å²) in [5.41, 5.74) is 2.28. The van der Waals surface area contributed by atoms with Gasteiger partial charge in [0.15, 0.2) is 0 Å². The van der Waals surface area contributed by atoms with E-state index in [1.807, 2.05) is 19.1 Å². The van der Waals surface area contributed by atoms with Gasteiger partial charge in [0, 0.05) is 12.8 Å². The maximum atomic E-state index is 10.4. The largest absolute Gasteiger partial charge is 0.490 e. The number of ether oxygens (including phenoxy) is 1. The van der Waals surface area contributed by atoms with Crippen LogP contribution in [0.2, 0.25) is 0 Å². The third kappa shape index (κ3) is 2.29. The summed E-state index contributed by atoms with van der Waals surface area (Å²) in [4.78, 5) is 10.4. The van der Waals surface area contributed by atoms with E-state index in [2.05, 4.69) is 6.07 Å². The highest BCUT2D eigenvalue weighted by Crippen LogP contribution is 2.29. The van der Waals surface area contributed by atoms with E-state index in [0.29, 0.717) is 6.42 Å². The molecule has 0 saturated carbocycles. The minimum absolute atomic E-state index is 0.190. The number of hydrogen-bond acceptors (Lipinski definition) is 2. The Bertz CT molecular complexity index is 384. The normalized spacial score (nSPS) is 18.3. The summed E-state index contributed by atoms with van der Waals surface area (Å²) >= 11 is 0. The Morgan fingerprint density at radius 1 is 1.60 bits per heavy atom. The van der Waals surface area contributed by atoms with E-state index in [0.717, 1.165) is 17.7 Å². The van der Waals surface area contributed by atoms with E-state index in [-0.39, 0.29) is 12.5 Å². The van der Waals surface area contributed by atoms with Crippen molar-refractivity contribution in [2.24, 2.45) is 0 Å². The van der Waals surface area contributed by atoms with Gasteiger partial charge in [0.1, 0.15) is 11.9 Å². The SMILES string of the molecule is CC1Cc2cc(CCC(=O)O)ccc2O1. The van der Waals surface area contributed by atoms with Gasteiger partial charge in [-0.25, -0.2) is 0 Å². The zero-order valence-corrected chi connectivity index (χ0v) is 8.69. The Labute approximate surface area is 88.7 Å². The molecule has 0 saturated heterocycles. The fraction of sp³-hybridized carbons (Fsp3) is 0.417. The van der Waals surface area contributed by atoms with Crippen molar-refractivity contribution in [1.82, 2.24) is 0 Å². The molecule has 3 nitrogen and oxygen atoms in total. The molecule has 0 bridgehead atoms. The van der Waals surface area contributed by atoms with Crippen LogP contribution in [0, 0.1) is 0 Å². The quantitative estimate of drug-likeness (QED) is 0.823. The lowest BCUT2D eigenvalue weighted by molar-refractivity contribution is -0.136. The summed E-state index contributed by atoms with van der Waals surface area (Å²) in [6.45, 7) is 2.04. The molecule has 1 atom stereocenters. The van der Waals surface area contributed by atoms with Crippen LogP contribution in [0.5, 0.6) is 5.75 Å². The first-order valence-electron chi connectivity index (χ1n) is 5.15. The minimum Gasteiger partial charge on any atom is -0.490 e. The van der Waals surface area contributed by atoms with Gasteiger partial charge in [-0.3, -0.25) is 4.79 Å². The second kappa shape index (κ2) is 3.93. The highest BCUT2D eigenvalue weighted by Gasteiger charge is 2.18. The number of aliphatic carboxylic acids is 1. The van der Waals surface area contributed by atoms with Crippen molar-refractivity contribution >= 4 is 5.97 Å². The average molecular weight is 206 g/mol. The highest BCUT2D eigenvalue weighted by molar-refractivity contribution is 5.67. The van der Waals surface area contributed by atoms with Gasteiger partial charge in [0.2, 0.25) is 0 Å². The van der Waals surface area contributed by atoms with E-state index in [1.165, 1.54) is 5.56 Å². The molecule has 15 heavy (non-hydrogen) atoms. The van der Waals surface area contributed by atoms with E-state index >= 15 is 0 Å². The average Bonchev–Trinajstić information content (AvgIpc) is 2.53. The molecule has 2 rings (SSSR count). The van der Waals surface area contributed by atoms with Gasteiger partial charge in [-0.1, -0.05) is 12.1 Å². The van der Waals surface area contributed by atoms with Crippen LogP contribution in [-0.4, -0.2) is 17.2 Å². The van der Waals surface area contributed by atoms with E-state index < -0.39 is 5.97 Å².